The van der Waals surface area contributed by atoms with Crippen molar-refractivity contribution in [3.63, 3.8) is 0 Å². The van der Waals surface area contributed by atoms with Crippen molar-refractivity contribution in [2.45, 2.75) is 45.6 Å². The first-order valence-corrected chi connectivity index (χ1v) is 6.00. The van der Waals surface area contributed by atoms with Gasteiger partial charge in [-0.3, -0.25) is 4.79 Å². The second-order valence-electron chi connectivity index (χ2n) is 5.47. The number of amides is 2. The van der Waals surface area contributed by atoms with Crippen LogP contribution >= 0.6 is 0 Å². The largest absolute Gasteiger partial charge is 0.481 e. The molecule has 0 atom stereocenters. The van der Waals surface area contributed by atoms with Crippen LogP contribution in [0.1, 0.15) is 40.0 Å². The molecule has 5 heteroatoms. The number of rotatable bonds is 5. The van der Waals surface area contributed by atoms with E-state index in [-0.39, 0.29) is 18.1 Å². The fraction of sp³-hybridized carbons (Fsp3) is 0.833. The van der Waals surface area contributed by atoms with Crippen molar-refractivity contribution < 1.29 is 14.7 Å². The highest BCUT2D eigenvalue weighted by Crippen LogP contribution is 2.45. The molecule has 0 saturated heterocycles. The maximum Gasteiger partial charge on any atom is 0.317 e. The number of nitrogens with one attached hydrogen (secondary N) is 1. The molecule has 0 radical (unpaired) electrons. The molecule has 1 fully saturated rings. The van der Waals surface area contributed by atoms with Crippen molar-refractivity contribution in [2.75, 3.05) is 13.6 Å². The zero-order valence-electron chi connectivity index (χ0n) is 11.0. The maximum absolute atomic E-state index is 11.9. The fourth-order valence-electron chi connectivity index (χ4n) is 1.49. The number of hydrogen-bond acceptors (Lipinski definition) is 2. The molecule has 0 spiro atoms. The Bertz CT molecular complexity index is 322. The lowest BCUT2D eigenvalue weighted by Crippen LogP contribution is -2.50. The van der Waals surface area contributed by atoms with Gasteiger partial charge in [-0.25, -0.2) is 4.79 Å². The van der Waals surface area contributed by atoms with Gasteiger partial charge >= 0.3 is 12.0 Å². The Morgan fingerprint density at radius 3 is 2.29 bits per heavy atom. The number of carbonyl (C=O) groups excluding carboxylic acids is 1. The van der Waals surface area contributed by atoms with Crippen LogP contribution in [0.25, 0.3) is 0 Å². The van der Waals surface area contributed by atoms with Crippen LogP contribution in [0.3, 0.4) is 0 Å². The van der Waals surface area contributed by atoms with E-state index in [4.69, 9.17) is 5.11 Å². The van der Waals surface area contributed by atoms with Gasteiger partial charge in [0.15, 0.2) is 0 Å². The summed E-state index contributed by atoms with van der Waals surface area (Å²) in [4.78, 5) is 24.5. The van der Waals surface area contributed by atoms with Gasteiger partial charge in [0, 0.05) is 19.1 Å². The van der Waals surface area contributed by atoms with Gasteiger partial charge in [-0.05, 0) is 33.1 Å². The third-order valence-electron chi connectivity index (χ3n) is 3.96. The summed E-state index contributed by atoms with van der Waals surface area (Å²) in [5.74, 6) is -0.810. The number of aliphatic carboxylic acids is 1. The zero-order chi connectivity index (χ0) is 13.3. The Labute approximate surface area is 102 Å². The first-order valence-electron chi connectivity index (χ1n) is 6.00. The Kier molecular flexibility index (Phi) is 3.69. The molecular weight excluding hydrogens is 220 g/mol. The predicted octanol–water partition coefficient (Wildman–Crippen LogP) is 1.68. The predicted molar refractivity (Wildman–Crippen MR) is 64.8 cm³/mol. The van der Waals surface area contributed by atoms with E-state index in [1.807, 2.05) is 20.8 Å². The maximum atomic E-state index is 11.9. The molecule has 0 aliphatic heterocycles. The number of carboxylic acids is 1. The summed E-state index contributed by atoms with van der Waals surface area (Å²) >= 11 is 0. The summed E-state index contributed by atoms with van der Waals surface area (Å²) in [5.41, 5.74) is -0.920. The monoisotopic (exact) mass is 242 g/mol. The first-order chi connectivity index (χ1) is 7.75. The highest BCUT2D eigenvalue weighted by molar-refractivity contribution is 5.80. The summed E-state index contributed by atoms with van der Waals surface area (Å²) in [5, 5.41) is 11.7. The third kappa shape index (κ3) is 2.90. The quantitative estimate of drug-likeness (QED) is 0.770. The van der Waals surface area contributed by atoms with Gasteiger partial charge in [0.25, 0.3) is 0 Å². The zero-order valence-corrected chi connectivity index (χ0v) is 11.0. The van der Waals surface area contributed by atoms with Gasteiger partial charge in [-0.2, -0.15) is 0 Å². The van der Waals surface area contributed by atoms with Crippen LogP contribution in [0.5, 0.6) is 0 Å². The minimum atomic E-state index is -0.810. The van der Waals surface area contributed by atoms with E-state index >= 15 is 0 Å². The van der Waals surface area contributed by atoms with Crippen LogP contribution in [0.15, 0.2) is 0 Å². The minimum absolute atomic E-state index is 0.204. The Hall–Kier alpha value is -1.26. The fourth-order valence-corrected chi connectivity index (χ4v) is 1.49. The summed E-state index contributed by atoms with van der Waals surface area (Å²) in [6.45, 7) is 6.21. The Balaban J connectivity index is 2.48. The first kappa shape index (κ1) is 13.8. The summed E-state index contributed by atoms with van der Waals surface area (Å²) in [6.07, 6.45) is 2.16. The second-order valence-corrected chi connectivity index (χ2v) is 5.47. The average Bonchev–Trinajstić information content (AvgIpc) is 3.05. The van der Waals surface area contributed by atoms with Crippen LogP contribution in [-0.4, -0.2) is 41.1 Å². The Morgan fingerprint density at radius 2 is 1.94 bits per heavy atom. The Morgan fingerprint density at radius 1 is 1.41 bits per heavy atom. The van der Waals surface area contributed by atoms with Crippen molar-refractivity contribution in [1.82, 2.24) is 10.2 Å². The highest BCUT2D eigenvalue weighted by Gasteiger charge is 2.50. The topological polar surface area (TPSA) is 69.6 Å². The van der Waals surface area contributed by atoms with Crippen LogP contribution < -0.4 is 5.32 Å². The molecule has 17 heavy (non-hydrogen) atoms. The SMILES string of the molecule is CCC(C)(C)N(C)C(=O)NCC1(C(=O)O)CC1. The molecule has 0 aromatic heterocycles. The second kappa shape index (κ2) is 4.55. The minimum Gasteiger partial charge on any atom is -0.481 e. The molecule has 98 valence electrons. The number of hydrogen-bond donors (Lipinski definition) is 2. The van der Waals surface area contributed by atoms with Crippen LogP contribution in [0, 0.1) is 5.41 Å². The lowest BCUT2D eigenvalue weighted by molar-refractivity contribution is -0.143. The van der Waals surface area contributed by atoms with E-state index in [0.29, 0.717) is 12.8 Å². The molecule has 0 bridgehead atoms. The van der Waals surface area contributed by atoms with Crippen molar-refractivity contribution >= 4 is 12.0 Å². The molecule has 1 aliphatic carbocycles. The van der Waals surface area contributed by atoms with Crippen molar-refractivity contribution in [3.05, 3.63) is 0 Å². The average molecular weight is 242 g/mol. The van der Waals surface area contributed by atoms with E-state index in [2.05, 4.69) is 5.32 Å². The van der Waals surface area contributed by atoms with Gasteiger partial charge in [0.2, 0.25) is 0 Å². The lowest BCUT2D eigenvalue weighted by Gasteiger charge is -2.35. The summed E-state index contributed by atoms with van der Waals surface area (Å²) in [7, 11) is 1.74. The normalized spacial score (nSPS) is 17.4. The van der Waals surface area contributed by atoms with Crippen LogP contribution in [0.2, 0.25) is 0 Å². The number of carbonyl (C=O) groups is 2. The molecule has 1 rings (SSSR count). The molecule has 0 aromatic rings. The molecule has 0 unspecified atom stereocenters. The third-order valence-corrected chi connectivity index (χ3v) is 3.96. The van der Waals surface area contributed by atoms with Gasteiger partial charge in [0.1, 0.15) is 0 Å². The molecule has 1 aliphatic rings. The standard InChI is InChI=1S/C12H22N2O3/c1-5-11(2,3)14(4)10(17)13-8-12(6-7-12)9(15)16/h5-8H2,1-4H3,(H,13,17)(H,15,16). The van der Waals surface area contributed by atoms with Crippen molar-refractivity contribution in [2.24, 2.45) is 5.41 Å². The van der Waals surface area contributed by atoms with Crippen molar-refractivity contribution in [1.29, 1.82) is 0 Å². The van der Waals surface area contributed by atoms with Gasteiger partial charge in [0.05, 0.1) is 5.41 Å². The van der Waals surface area contributed by atoms with Crippen LogP contribution in [0.4, 0.5) is 4.79 Å². The van der Waals surface area contributed by atoms with E-state index in [1.54, 1.807) is 11.9 Å². The number of carboxylic acid groups (broad SMARTS) is 1. The van der Waals surface area contributed by atoms with E-state index in [1.165, 1.54) is 0 Å². The molecule has 0 heterocycles. The van der Waals surface area contributed by atoms with E-state index < -0.39 is 11.4 Å². The molecule has 1 saturated carbocycles. The summed E-state index contributed by atoms with van der Waals surface area (Å²) in [6, 6.07) is -0.204. The molecule has 5 nitrogen and oxygen atoms in total. The van der Waals surface area contributed by atoms with Crippen LogP contribution in [-0.2, 0) is 4.79 Å². The van der Waals surface area contributed by atoms with Gasteiger partial charge < -0.3 is 15.3 Å². The van der Waals surface area contributed by atoms with E-state index in [0.717, 1.165) is 6.42 Å². The van der Waals surface area contributed by atoms with Crippen molar-refractivity contribution in [3.8, 4) is 0 Å². The van der Waals surface area contributed by atoms with Gasteiger partial charge in [-0.15, -0.1) is 0 Å². The van der Waals surface area contributed by atoms with Gasteiger partial charge in [-0.1, -0.05) is 6.92 Å². The molecule has 2 amide bonds. The number of nitrogens with zero attached hydrogens (tertiary/aromatic N) is 1. The molecular formula is C12H22N2O3. The lowest BCUT2D eigenvalue weighted by atomic mass is 10.0. The van der Waals surface area contributed by atoms with E-state index in [9.17, 15) is 9.59 Å². The smallest absolute Gasteiger partial charge is 0.317 e. The summed E-state index contributed by atoms with van der Waals surface area (Å²) < 4.78 is 0. The molecule has 2 N–H and O–H groups in total. The number of urea groups is 1. The molecule has 0 aromatic carbocycles. The highest BCUT2D eigenvalue weighted by atomic mass is 16.4.